The Kier molecular flexibility index (Phi) is 5.26. The van der Waals surface area contributed by atoms with Gasteiger partial charge in [0.05, 0.1) is 11.9 Å². The lowest BCUT2D eigenvalue weighted by Crippen LogP contribution is -2.18. The maximum absolute atomic E-state index is 12.7. The number of benzene rings is 1. The topological polar surface area (TPSA) is 88.2 Å². The van der Waals surface area contributed by atoms with E-state index in [1.165, 1.54) is 18.3 Å². The third-order valence-electron chi connectivity index (χ3n) is 3.41. The number of carbonyl (C=O) groups is 1. The summed E-state index contributed by atoms with van der Waals surface area (Å²) in [5, 5.41) is 4.46. The second kappa shape index (κ2) is 7.45. The van der Waals surface area contributed by atoms with Gasteiger partial charge >= 0.3 is 0 Å². The molecule has 3 rings (SSSR count). The van der Waals surface area contributed by atoms with E-state index in [1.54, 1.807) is 35.7 Å². The van der Waals surface area contributed by atoms with Gasteiger partial charge in [0.25, 0.3) is 15.9 Å². The first kappa shape index (κ1) is 18.4. The Morgan fingerprint density at radius 2 is 1.77 bits per heavy atom. The number of thiophene rings is 1. The molecule has 1 aromatic carbocycles. The Hall–Kier alpha value is -2.42. The number of pyridine rings is 1. The van der Waals surface area contributed by atoms with E-state index in [-0.39, 0.29) is 9.77 Å². The van der Waals surface area contributed by atoms with Gasteiger partial charge in [-0.25, -0.2) is 13.4 Å². The number of aromatic nitrogens is 1. The third kappa shape index (κ3) is 4.21. The van der Waals surface area contributed by atoms with Gasteiger partial charge in [-0.2, -0.15) is 0 Å². The van der Waals surface area contributed by atoms with Crippen LogP contribution in [-0.2, 0) is 10.0 Å². The van der Waals surface area contributed by atoms with E-state index in [1.807, 2.05) is 6.92 Å². The van der Waals surface area contributed by atoms with Crippen LogP contribution in [0.25, 0.3) is 0 Å². The zero-order valence-corrected chi connectivity index (χ0v) is 16.0. The number of sulfonamides is 1. The predicted octanol–water partition coefficient (Wildman–Crippen LogP) is 4.16. The van der Waals surface area contributed by atoms with Crippen LogP contribution in [0.15, 0.2) is 58.9 Å². The molecule has 1 amide bonds. The second-order valence-electron chi connectivity index (χ2n) is 5.41. The molecule has 9 heteroatoms. The summed E-state index contributed by atoms with van der Waals surface area (Å²) < 4.78 is 27.8. The summed E-state index contributed by atoms with van der Waals surface area (Å²) in [7, 11) is -3.89. The van der Waals surface area contributed by atoms with Crippen LogP contribution in [0.4, 0.5) is 11.4 Å². The molecule has 2 aromatic heterocycles. The Morgan fingerprint density at radius 3 is 2.42 bits per heavy atom. The molecule has 134 valence electrons. The molecule has 0 aliphatic carbocycles. The normalized spacial score (nSPS) is 11.2. The van der Waals surface area contributed by atoms with Crippen LogP contribution < -0.4 is 10.0 Å². The molecule has 0 unspecified atom stereocenters. The van der Waals surface area contributed by atoms with Crippen LogP contribution in [0, 0.1) is 6.92 Å². The maximum atomic E-state index is 12.7. The molecule has 0 aliphatic heterocycles. The molecular formula is C17H14ClN3O3S2. The van der Waals surface area contributed by atoms with Crippen molar-refractivity contribution in [3.63, 3.8) is 0 Å². The quantitative estimate of drug-likeness (QED) is 0.621. The summed E-state index contributed by atoms with van der Waals surface area (Å²) in [6.45, 7) is 1.91. The fourth-order valence-corrected chi connectivity index (χ4v) is 4.64. The van der Waals surface area contributed by atoms with Gasteiger partial charge in [0.1, 0.15) is 14.9 Å². The van der Waals surface area contributed by atoms with Gasteiger partial charge in [0.15, 0.2) is 0 Å². The molecule has 2 heterocycles. The fourth-order valence-electron chi connectivity index (χ4n) is 2.14. The molecule has 0 bridgehead atoms. The van der Waals surface area contributed by atoms with Crippen molar-refractivity contribution in [3.05, 3.63) is 69.6 Å². The molecule has 0 spiro atoms. The van der Waals surface area contributed by atoms with E-state index in [4.69, 9.17) is 11.6 Å². The van der Waals surface area contributed by atoms with E-state index < -0.39 is 15.9 Å². The minimum Gasteiger partial charge on any atom is -0.320 e. The van der Waals surface area contributed by atoms with Crippen LogP contribution in [0.5, 0.6) is 0 Å². The minimum absolute atomic E-state index is 0.0810. The van der Waals surface area contributed by atoms with Crippen LogP contribution in [0.3, 0.4) is 0 Å². The Labute approximate surface area is 159 Å². The van der Waals surface area contributed by atoms with Crippen LogP contribution >= 0.6 is 22.9 Å². The van der Waals surface area contributed by atoms with E-state index in [0.29, 0.717) is 16.5 Å². The number of rotatable bonds is 5. The molecule has 26 heavy (non-hydrogen) atoms. The van der Waals surface area contributed by atoms with Gasteiger partial charge in [-0.15, -0.1) is 11.3 Å². The molecule has 0 saturated heterocycles. The Balaban J connectivity index is 1.83. The lowest BCUT2D eigenvalue weighted by atomic mass is 10.2. The van der Waals surface area contributed by atoms with E-state index in [2.05, 4.69) is 15.0 Å². The molecular weight excluding hydrogens is 394 g/mol. The van der Waals surface area contributed by atoms with Gasteiger partial charge in [0, 0.05) is 5.69 Å². The molecule has 2 N–H and O–H groups in total. The molecule has 0 aliphatic rings. The average Bonchev–Trinajstić information content (AvgIpc) is 3.10. The highest BCUT2D eigenvalue weighted by Crippen LogP contribution is 2.25. The number of hydrogen-bond acceptors (Lipinski definition) is 5. The molecule has 3 aromatic rings. The summed E-state index contributed by atoms with van der Waals surface area (Å²) in [4.78, 5) is 16.3. The van der Waals surface area contributed by atoms with Crippen molar-refractivity contribution in [3.8, 4) is 0 Å². The standard InChI is InChI=1S/C17H14ClN3O3S2/c1-11-2-4-12(5-3-11)21-26(23,24)14-8-9-25-16(14)17(22)20-13-6-7-15(18)19-10-13/h2-10,21H,1H3,(H,20,22). The number of carbonyl (C=O) groups excluding carboxylic acids is 1. The van der Waals surface area contributed by atoms with E-state index in [0.717, 1.165) is 16.9 Å². The largest absolute Gasteiger partial charge is 0.320 e. The first-order valence-electron chi connectivity index (χ1n) is 7.45. The lowest BCUT2D eigenvalue weighted by Gasteiger charge is -2.09. The number of hydrogen-bond donors (Lipinski definition) is 2. The van der Waals surface area contributed by atoms with Crippen molar-refractivity contribution < 1.29 is 13.2 Å². The maximum Gasteiger partial charge on any atom is 0.267 e. The van der Waals surface area contributed by atoms with Crippen molar-refractivity contribution in [2.24, 2.45) is 0 Å². The van der Waals surface area contributed by atoms with Gasteiger partial charge in [0.2, 0.25) is 0 Å². The second-order valence-corrected chi connectivity index (χ2v) is 8.36. The molecule has 0 saturated carbocycles. The predicted molar refractivity (Wildman–Crippen MR) is 104 cm³/mol. The summed E-state index contributed by atoms with van der Waals surface area (Å²) in [6.07, 6.45) is 1.40. The van der Waals surface area contributed by atoms with Crippen molar-refractivity contribution in [2.75, 3.05) is 10.0 Å². The summed E-state index contributed by atoms with van der Waals surface area (Å²) >= 11 is 6.75. The van der Waals surface area contributed by atoms with Gasteiger partial charge in [-0.1, -0.05) is 29.3 Å². The first-order valence-corrected chi connectivity index (χ1v) is 10.2. The Bertz CT molecular complexity index is 1030. The zero-order valence-electron chi connectivity index (χ0n) is 13.6. The van der Waals surface area contributed by atoms with Gasteiger partial charge in [-0.05, 0) is 42.6 Å². The average molecular weight is 408 g/mol. The molecule has 6 nitrogen and oxygen atoms in total. The SMILES string of the molecule is Cc1ccc(NS(=O)(=O)c2ccsc2C(=O)Nc2ccc(Cl)nc2)cc1. The van der Waals surface area contributed by atoms with Crippen molar-refractivity contribution >= 4 is 50.2 Å². The monoisotopic (exact) mass is 407 g/mol. The third-order valence-corrected chi connectivity index (χ3v) is 6.10. The highest BCUT2D eigenvalue weighted by atomic mass is 35.5. The fraction of sp³-hybridized carbons (Fsp3) is 0.0588. The van der Waals surface area contributed by atoms with Crippen LogP contribution in [0.2, 0.25) is 5.15 Å². The van der Waals surface area contributed by atoms with Crippen molar-refractivity contribution in [2.45, 2.75) is 11.8 Å². The first-order chi connectivity index (χ1) is 12.3. The number of nitrogens with zero attached hydrogens (tertiary/aromatic N) is 1. The van der Waals surface area contributed by atoms with E-state index >= 15 is 0 Å². The van der Waals surface area contributed by atoms with Crippen LogP contribution in [-0.4, -0.2) is 19.3 Å². The Morgan fingerprint density at radius 1 is 1.08 bits per heavy atom. The van der Waals surface area contributed by atoms with Gasteiger partial charge < -0.3 is 5.32 Å². The summed E-state index contributed by atoms with van der Waals surface area (Å²) in [5.41, 5.74) is 1.86. The minimum atomic E-state index is -3.89. The number of nitrogens with one attached hydrogen (secondary N) is 2. The van der Waals surface area contributed by atoms with Crippen molar-refractivity contribution in [1.29, 1.82) is 0 Å². The summed E-state index contributed by atoms with van der Waals surface area (Å²) in [6, 6.07) is 11.4. The van der Waals surface area contributed by atoms with E-state index in [9.17, 15) is 13.2 Å². The molecule has 0 radical (unpaired) electrons. The number of aryl methyl sites for hydroxylation is 1. The molecule has 0 fully saturated rings. The number of anilines is 2. The smallest absolute Gasteiger partial charge is 0.267 e. The van der Waals surface area contributed by atoms with Crippen molar-refractivity contribution in [1.82, 2.24) is 4.98 Å². The molecule has 0 atom stereocenters. The number of amides is 1. The zero-order chi connectivity index (χ0) is 18.7. The summed E-state index contributed by atoms with van der Waals surface area (Å²) in [5.74, 6) is -0.534. The highest BCUT2D eigenvalue weighted by molar-refractivity contribution is 7.93. The number of halogens is 1. The van der Waals surface area contributed by atoms with Gasteiger partial charge in [-0.3, -0.25) is 9.52 Å². The highest BCUT2D eigenvalue weighted by Gasteiger charge is 2.24. The van der Waals surface area contributed by atoms with Crippen LogP contribution in [0.1, 0.15) is 15.2 Å². The lowest BCUT2D eigenvalue weighted by molar-refractivity contribution is 0.102.